The molecule has 1 atom stereocenters. The number of anilines is 1. The van der Waals surface area contributed by atoms with Gasteiger partial charge in [0.1, 0.15) is 5.82 Å². The minimum atomic E-state index is -1.13. The van der Waals surface area contributed by atoms with Crippen LogP contribution in [0, 0.1) is 10.1 Å². The number of amides is 1. The Morgan fingerprint density at radius 3 is 2.71 bits per heavy atom. The van der Waals surface area contributed by atoms with Gasteiger partial charge in [-0.15, -0.1) is 0 Å². The summed E-state index contributed by atoms with van der Waals surface area (Å²) < 4.78 is 6.88. The minimum Gasteiger partial charge on any atom is -0.453 e. The highest BCUT2D eigenvalue weighted by Gasteiger charge is 2.28. The molecular weight excluding hydrogens is 464 g/mol. The molecule has 2 aromatic carbocycles. The molecule has 4 rings (SSSR count). The molecule has 1 fully saturated rings. The molecule has 0 bridgehead atoms. The van der Waals surface area contributed by atoms with Crippen molar-refractivity contribution in [2.45, 2.75) is 44.8 Å². The van der Waals surface area contributed by atoms with Gasteiger partial charge in [-0.2, -0.15) is 0 Å². The summed E-state index contributed by atoms with van der Waals surface area (Å²) in [4.78, 5) is 52.5. The van der Waals surface area contributed by atoms with Crippen molar-refractivity contribution < 1.29 is 19.2 Å². The zero-order chi connectivity index (χ0) is 24.4. The molecule has 176 valence electrons. The van der Waals surface area contributed by atoms with Gasteiger partial charge in [0.2, 0.25) is 0 Å². The third-order valence-electron chi connectivity index (χ3n) is 5.44. The second kappa shape index (κ2) is 9.60. The molecule has 1 heterocycles. The molecule has 3 aromatic rings. The zero-order valence-electron chi connectivity index (χ0n) is 18.2. The number of hydrogen-bond acceptors (Lipinski definition) is 7. The molecule has 1 aliphatic rings. The van der Waals surface area contributed by atoms with E-state index in [1.807, 2.05) is 0 Å². The van der Waals surface area contributed by atoms with Gasteiger partial charge >= 0.3 is 5.97 Å². The summed E-state index contributed by atoms with van der Waals surface area (Å²) in [6.07, 6.45) is 0.777. The first kappa shape index (κ1) is 23.4. The van der Waals surface area contributed by atoms with Gasteiger partial charge in [0, 0.05) is 24.6 Å². The first-order valence-electron chi connectivity index (χ1n) is 10.7. The molecule has 1 N–H and O–H groups in total. The average molecular weight is 485 g/mol. The molecule has 1 aliphatic carbocycles. The van der Waals surface area contributed by atoms with Gasteiger partial charge in [-0.1, -0.05) is 23.7 Å². The number of carbonyl (C=O) groups excluding carboxylic acids is 2. The molecule has 0 radical (unpaired) electrons. The predicted octanol–water partition coefficient (Wildman–Crippen LogP) is 3.80. The number of esters is 1. The number of fused-ring (bicyclic) bond motifs is 1. The van der Waals surface area contributed by atoms with Gasteiger partial charge in [-0.05, 0) is 38.0 Å². The van der Waals surface area contributed by atoms with Crippen LogP contribution in [-0.2, 0) is 20.7 Å². The molecule has 1 saturated carbocycles. The lowest BCUT2D eigenvalue weighted by molar-refractivity contribution is -0.384. The Morgan fingerprint density at radius 1 is 1.29 bits per heavy atom. The molecule has 1 amide bonds. The minimum absolute atomic E-state index is 0.0125. The normalized spacial score (nSPS) is 13.9. The summed E-state index contributed by atoms with van der Waals surface area (Å²) in [5, 5.41) is 13.8. The quantitative estimate of drug-likeness (QED) is 0.292. The number of nitro benzene ring substituents is 1. The highest BCUT2D eigenvalue weighted by molar-refractivity contribution is 6.34. The van der Waals surface area contributed by atoms with E-state index >= 15 is 0 Å². The van der Waals surface area contributed by atoms with Crippen molar-refractivity contribution in [3.05, 3.63) is 73.8 Å². The second-order valence-corrected chi connectivity index (χ2v) is 8.40. The van der Waals surface area contributed by atoms with Crippen molar-refractivity contribution in [1.29, 1.82) is 0 Å². The van der Waals surface area contributed by atoms with Crippen molar-refractivity contribution in [2.24, 2.45) is 0 Å². The Kier molecular flexibility index (Phi) is 6.60. The zero-order valence-corrected chi connectivity index (χ0v) is 18.9. The Bertz CT molecular complexity index is 1350. The van der Waals surface area contributed by atoms with E-state index in [-0.39, 0.29) is 40.8 Å². The molecule has 0 spiro atoms. The fourth-order valence-corrected chi connectivity index (χ4v) is 3.78. The summed E-state index contributed by atoms with van der Waals surface area (Å²) in [5.74, 6) is -0.747. The molecule has 11 heteroatoms. The van der Waals surface area contributed by atoms with E-state index in [4.69, 9.17) is 16.3 Å². The third kappa shape index (κ3) is 5.07. The predicted molar refractivity (Wildman–Crippen MR) is 125 cm³/mol. The van der Waals surface area contributed by atoms with Crippen molar-refractivity contribution >= 4 is 45.8 Å². The van der Waals surface area contributed by atoms with E-state index in [1.165, 1.54) is 19.1 Å². The summed E-state index contributed by atoms with van der Waals surface area (Å²) in [7, 11) is 0. The van der Waals surface area contributed by atoms with E-state index in [9.17, 15) is 24.5 Å². The maximum absolute atomic E-state index is 12.9. The first-order valence-corrected chi connectivity index (χ1v) is 11.1. The molecule has 10 nitrogen and oxygen atoms in total. The van der Waals surface area contributed by atoms with Crippen LogP contribution >= 0.6 is 11.6 Å². The van der Waals surface area contributed by atoms with E-state index in [0.29, 0.717) is 16.7 Å². The van der Waals surface area contributed by atoms with Gasteiger partial charge in [-0.3, -0.25) is 29.1 Å². The van der Waals surface area contributed by atoms with Crippen LogP contribution in [0.5, 0.6) is 0 Å². The lowest BCUT2D eigenvalue weighted by atomic mass is 10.2. The highest BCUT2D eigenvalue weighted by atomic mass is 35.5. The Hall–Kier alpha value is -3.79. The SMILES string of the molecule is CC(OC(=O)CCc1nc2ccccc2c(=O)n1C1CC1)C(=O)Nc1ccc([N+](=O)[O-])cc1Cl. The summed E-state index contributed by atoms with van der Waals surface area (Å²) in [5.41, 5.74) is 0.396. The van der Waals surface area contributed by atoms with Crippen LogP contribution in [0.15, 0.2) is 47.3 Å². The van der Waals surface area contributed by atoms with E-state index in [1.54, 1.807) is 28.8 Å². The third-order valence-corrected chi connectivity index (χ3v) is 5.76. The van der Waals surface area contributed by atoms with E-state index < -0.39 is 22.9 Å². The maximum Gasteiger partial charge on any atom is 0.307 e. The number of ether oxygens (including phenoxy) is 1. The Labute approximate surface area is 198 Å². The van der Waals surface area contributed by atoms with Crippen molar-refractivity contribution in [3.8, 4) is 0 Å². The van der Waals surface area contributed by atoms with Gasteiger partial charge in [0.25, 0.3) is 17.2 Å². The maximum atomic E-state index is 12.9. The topological polar surface area (TPSA) is 133 Å². The summed E-state index contributed by atoms with van der Waals surface area (Å²) >= 11 is 5.98. The molecule has 34 heavy (non-hydrogen) atoms. The van der Waals surface area contributed by atoms with Crippen LogP contribution in [-0.4, -0.2) is 32.5 Å². The average Bonchev–Trinajstić information content (AvgIpc) is 3.64. The standard InChI is InChI=1S/C23H21ClN4O6/c1-13(22(30)26-19-9-8-15(28(32)33)12-17(19)24)34-21(29)11-10-20-25-18-5-3-2-4-16(18)23(31)27(20)14-6-7-14/h2-5,8-9,12-14H,6-7,10-11H2,1H3,(H,26,30). The molecular formula is C23H21ClN4O6. The smallest absolute Gasteiger partial charge is 0.307 e. The number of nitrogens with zero attached hydrogens (tertiary/aromatic N) is 3. The summed E-state index contributed by atoms with van der Waals surface area (Å²) in [6.45, 7) is 1.40. The molecule has 0 aliphatic heterocycles. The van der Waals surface area contributed by atoms with Gasteiger partial charge in [-0.25, -0.2) is 4.98 Å². The number of aryl methyl sites for hydroxylation is 1. The Balaban J connectivity index is 1.39. The molecule has 1 unspecified atom stereocenters. The fourth-order valence-electron chi connectivity index (χ4n) is 3.55. The largest absolute Gasteiger partial charge is 0.453 e. The Morgan fingerprint density at radius 2 is 2.03 bits per heavy atom. The second-order valence-electron chi connectivity index (χ2n) is 7.99. The number of benzene rings is 2. The number of hydrogen-bond donors (Lipinski definition) is 1. The number of nitrogens with one attached hydrogen (secondary N) is 1. The van der Waals surface area contributed by atoms with E-state index in [2.05, 4.69) is 10.3 Å². The first-order chi connectivity index (χ1) is 16.2. The molecule has 1 aromatic heterocycles. The van der Waals surface area contributed by atoms with Crippen molar-refractivity contribution in [1.82, 2.24) is 9.55 Å². The van der Waals surface area contributed by atoms with Crippen LogP contribution in [0.4, 0.5) is 11.4 Å². The number of halogens is 1. The van der Waals surface area contributed by atoms with Crippen LogP contribution in [0.3, 0.4) is 0 Å². The monoisotopic (exact) mass is 484 g/mol. The van der Waals surface area contributed by atoms with Crippen LogP contribution in [0.2, 0.25) is 5.02 Å². The lowest BCUT2D eigenvalue weighted by Gasteiger charge is -2.15. The van der Waals surface area contributed by atoms with E-state index in [0.717, 1.165) is 18.9 Å². The number of non-ortho nitro benzene ring substituents is 1. The van der Waals surface area contributed by atoms with Crippen molar-refractivity contribution in [3.63, 3.8) is 0 Å². The molecule has 0 saturated heterocycles. The van der Waals surface area contributed by atoms with Crippen molar-refractivity contribution in [2.75, 3.05) is 5.32 Å². The lowest BCUT2D eigenvalue weighted by Crippen LogP contribution is -2.30. The van der Waals surface area contributed by atoms with Crippen LogP contribution in [0.1, 0.15) is 38.1 Å². The number of para-hydroxylation sites is 1. The van der Waals surface area contributed by atoms with Gasteiger partial charge in [0.05, 0.1) is 33.0 Å². The number of carbonyl (C=O) groups is 2. The van der Waals surface area contributed by atoms with Crippen LogP contribution in [0.25, 0.3) is 10.9 Å². The fraction of sp³-hybridized carbons (Fsp3) is 0.304. The van der Waals surface area contributed by atoms with Gasteiger partial charge < -0.3 is 10.1 Å². The number of nitro groups is 1. The van der Waals surface area contributed by atoms with Crippen LogP contribution < -0.4 is 10.9 Å². The summed E-state index contributed by atoms with van der Waals surface area (Å²) in [6, 6.07) is 10.8. The highest BCUT2D eigenvalue weighted by Crippen LogP contribution is 2.35. The van der Waals surface area contributed by atoms with Gasteiger partial charge in [0.15, 0.2) is 6.10 Å². The number of aromatic nitrogens is 2. The number of rotatable bonds is 8.